The van der Waals surface area contributed by atoms with Gasteiger partial charge in [-0.05, 0) is 45.8 Å². The fourth-order valence-electron chi connectivity index (χ4n) is 4.26. The zero-order chi connectivity index (χ0) is 25.7. The SMILES string of the molecule is C=C[C@@H](O[C@H]1O[C@@H]2COC(C)(C)O[C@H]2[C@@H]2OC(C)(C)O[C@H]12)[C@H](O)[C@H](C)CO[Si](C)(C)C(C)(C)C. The molecule has 198 valence electrons. The molecule has 0 aliphatic carbocycles. The first-order chi connectivity index (χ1) is 15.5. The van der Waals surface area contributed by atoms with Crippen LogP contribution in [0.2, 0.25) is 18.1 Å². The Balaban J connectivity index is 1.69. The minimum absolute atomic E-state index is 0.0961. The van der Waals surface area contributed by atoms with Crippen LogP contribution in [0.15, 0.2) is 12.7 Å². The van der Waals surface area contributed by atoms with Crippen molar-refractivity contribution in [1.82, 2.24) is 0 Å². The summed E-state index contributed by atoms with van der Waals surface area (Å²) in [7, 11) is -1.93. The third-order valence-electron chi connectivity index (χ3n) is 7.40. The first kappa shape index (κ1) is 28.2. The molecule has 3 aliphatic heterocycles. The Kier molecular flexibility index (Phi) is 8.16. The topological polar surface area (TPSA) is 84.8 Å². The number of fused-ring (bicyclic) bond motifs is 3. The number of aliphatic hydroxyl groups is 1. The van der Waals surface area contributed by atoms with Gasteiger partial charge < -0.3 is 38.0 Å². The fraction of sp³-hybridized carbons (Fsp3) is 0.920. The molecule has 0 bridgehead atoms. The van der Waals surface area contributed by atoms with Crippen molar-refractivity contribution in [1.29, 1.82) is 0 Å². The van der Waals surface area contributed by atoms with Crippen molar-refractivity contribution in [2.24, 2.45) is 5.92 Å². The molecule has 3 aliphatic rings. The predicted molar refractivity (Wildman–Crippen MR) is 131 cm³/mol. The molecule has 0 aromatic carbocycles. The van der Waals surface area contributed by atoms with Crippen LogP contribution in [-0.4, -0.2) is 81.1 Å². The van der Waals surface area contributed by atoms with Crippen LogP contribution in [0.3, 0.4) is 0 Å². The fourth-order valence-corrected chi connectivity index (χ4v) is 5.37. The summed E-state index contributed by atoms with van der Waals surface area (Å²) in [6.07, 6.45) is -2.28. The molecule has 0 saturated carbocycles. The van der Waals surface area contributed by atoms with Gasteiger partial charge in [-0.15, -0.1) is 6.58 Å². The monoisotopic (exact) mass is 502 g/mol. The lowest BCUT2D eigenvalue weighted by atomic mass is 9.97. The van der Waals surface area contributed by atoms with Gasteiger partial charge in [-0.2, -0.15) is 0 Å². The lowest BCUT2D eigenvalue weighted by Gasteiger charge is -2.48. The van der Waals surface area contributed by atoms with Gasteiger partial charge in [-0.3, -0.25) is 0 Å². The summed E-state index contributed by atoms with van der Waals surface area (Å²) in [5, 5.41) is 11.2. The van der Waals surface area contributed by atoms with Crippen LogP contribution >= 0.6 is 0 Å². The first-order valence-corrected chi connectivity index (χ1v) is 15.3. The molecule has 0 amide bonds. The molecule has 0 unspecified atom stereocenters. The maximum absolute atomic E-state index is 11.1. The number of rotatable bonds is 8. The van der Waals surface area contributed by atoms with Crippen molar-refractivity contribution < 1.29 is 38.0 Å². The first-order valence-electron chi connectivity index (χ1n) is 12.4. The molecule has 3 saturated heterocycles. The Labute approximate surface area is 206 Å². The van der Waals surface area contributed by atoms with Crippen molar-refractivity contribution in [3.63, 3.8) is 0 Å². The molecule has 9 heteroatoms. The average molecular weight is 503 g/mol. The second kappa shape index (κ2) is 9.83. The number of aliphatic hydroxyl groups excluding tert-OH is 1. The molecule has 0 radical (unpaired) electrons. The Morgan fingerprint density at radius 1 is 1.06 bits per heavy atom. The molecular weight excluding hydrogens is 456 g/mol. The molecule has 3 rings (SSSR count). The zero-order valence-corrected chi connectivity index (χ0v) is 23.6. The van der Waals surface area contributed by atoms with Crippen LogP contribution in [0.1, 0.15) is 55.4 Å². The largest absolute Gasteiger partial charge is 0.416 e. The molecule has 3 heterocycles. The van der Waals surface area contributed by atoms with Gasteiger partial charge in [0.25, 0.3) is 0 Å². The van der Waals surface area contributed by atoms with Crippen molar-refractivity contribution in [2.75, 3.05) is 13.2 Å². The molecule has 8 nitrogen and oxygen atoms in total. The highest BCUT2D eigenvalue weighted by atomic mass is 28.4. The van der Waals surface area contributed by atoms with E-state index < -0.39 is 44.5 Å². The van der Waals surface area contributed by atoms with E-state index in [1.807, 2.05) is 34.6 Å². The third-order valence-corrected chi connectivity index (χ3v) is 11.9. The average Bonchev–Trinajstić information content (AvgIpc) is 3.04. The second-order valence-corrected chi connectivity index (χ2v) is 17.1. The summed E-state index contributed by atoms with van der Waals surface area (Å²) in [5.74, 6) is -1.71. The number of ether oxygens (including phenoxy) is 6. The highest BCUT2D eigenvalue weighted by Gasteiger charge is 2.59. The van der Waals surface area contributed by atoms with Crippen molar-refractivity contribution in [3.05, 3.63) is 12.7 Å². The predicted octanol–water partition coefficient (Wildman–Crippen LogP) is 3.97. The summed E-state index contributed by atoms with van der Waals surface area (Å²) >= 11 is 0. The van der Waals surface area contributed by atoms with Gasteiger partial charge in [0.05, 0.1) is 12.7 Å². The van der Waals surface area contributed by atoms with E-state index in [4.69, 9.17) is 32.8 Å². The molecule has 0 aromatic heterocycles. The van der Waals surface area contributed by atoms with Crippen molar-refractivity contribution in [2.45, 2.75) is 128 Å². The molecule has 0 spiro atoms. The van der Waals surface area contributed by atoms with Crippen LogP contribution in [0.4, 0.5) is 0 Å². The second-order valence-electron chi connectivity index (χ2n) is 12.3. The van der Waals surface area contributed by atoms with Gasteiger partial charge in [-0.25, -0.2) is 0 Å². The maximum atomic E-state index is 11.1. The Bertz CT molecular complexity index is 718. The zero-order valence-electron chi connectivity index (χ0n) is 22.6. The van der Waals surface area contributed by atoms with E-state index in [9.17, 15) is 5.11 Å². The lowest BCUT2D eigenvalue weighted by Crippen LogP contribution is -2.64. The Morgan fingerprint density at radius 2 is 1.65 bits per heavy atom. The number of hydrogen-bond acceptors (Lipinski definition) is 8. The summed E-state index contributed by atoms with van der Waals surface area (Å²) in [6.45, 7) is 25.1. The van der Waals surface area contributed by atoms with Gasteiger partial charge in [0.1, 0.15) is 30.5 Å². The quantitative estimate of drug-likeness (QED) is 0.394. The molecule has 8 atom stereocenters. The smallest absolute Gasteiger partial charge is 0.191 e. The van der Waals surface area contributed by atoms with Crippen molar-refractivity contribution in [3.8, 4) is 0 Å². The summed E-state index contributed by atoms with van der Waals surface area (Å²) in [6, 6.07) is 0. The summed E-state index contributed by atoms with van der Waals surface area (Å²) < 4.78 is 43.2. The van der Waals surface area contributed by atoms with E-state index in [1.54, 1.807) is 6.08 Å². The standard InChI is InChI=1S/C25H46O8Si/c1-12-16(18(26)15(2)13-28-34(10,11)23(3,4)5)29-22-21-20(32-25(8,9)33-21)19-17(30-22)14-27-24(6,7)31-19/h12,15-22,26H,1,13-14H2,2-11H3/t15-,16-,17-,18-,19-,20+,21+,22+/m1/s1. The van der Waals surface area contributed by atoms with E-state index in [0.717, 1.165) is 0 Å². The molecule has 34 heavy (non-hydrogen) atoms. The van der Waals surface area contributed by atoms with Gasteiger partial charge in [-0.1, -0.05) is 33.8 Å². The maximum Gasteiger partial charge on any atom is 0.191 e. The lowest BCUT2D eigenvalue weighted by molar-refractivity contribution is -0.374. The summed E-state index contributed by atoms with van der Waals surface area (Å²) in [5.41, 5.74) is 0. The summed E-state index contributed by atoms with van der Waals surface area (Å²) in [4.78, 5) is 0. The van der Waals surface area contributed by atoms with E-state index >= 15 is 0 Å². The van der Waals surface area contributed by atoms with E-state index in [-0.39, 0.29) is 29.3 Å². The van der Waals surface area contributed by atoms with Gasteiger partial charge in [0.15, 0.2) is 26.2 Å². The van der Waals surface area contributed by atoms with Crippen LogP contribution in [0.5, 0.6) is 0 Å². The van der Waals surface area contributed by atoms with E-state index in [0.29, 0.717) is 13.2 Å². The van der Waals surface area contributed by atoms with Crippen LogP contribution in [0, 0.1) is 5.92 Å². The highest BCUT2D eigenvalue weighted by molar-refractivity contribution is 6.74. The van der Waals surface area contributed by atoms with E-state index in [1.165, 1.54) is 0 Å². The van der Waals surface area contributed by atoms with Gasteiger partial charge in [0.2, 0.25) is 0 Å². The van der Waals surface area contributed by atoms with E-state index in [2.05, 4.69) is 40.4 Å². The van der Waals surface area contributed by atoms with Gasteiger partial charge in [0, 0.05) is 12.5 Å². The van der Waals surface area contributed by atoms with Crippen molar-refractivity contribution >= 4 is 8.32 Å². The number of hydrogen-bond donors (Lipinski definition) is 1. The minimum Gasteiger partial charge on any atom is -0.416 e. The highest BCUT2D eigenvalue weighted by Crippen LogP contribution is 2.43. The van der Waals surface area contributed by atoms with Crippen LogP contribution in [-0.2, 0) is 32.8 Å². The molecule has 1 N–H and O–H groups in total. The molecule has 3 fully saturated rings. The third kappa shape index (κ3) is 6.12. The minimum atomic E-state index is -1.93. The Hall–Kier alpha value is -0.363. The van der Waals surface area contributed by atoms with Crippen LogP contribution in [0.25, 0.3) is 0 Å². The van der Waals surface area contributed by atoms with Crippen LogP contribution < -0.4 is 0 Å². The molecule has 0 aromatic rings. The normalized spacial score (nSPS) is 35.7. The Morgan fingerprint density at radius 3 is 2.24 bits per heavy atom. The van der Waals surface area contributed by atoms with Gasteiger partial charge >= 0.3 is 0 Å². The molecular formula is C25H46O8Si.